The Morgan fingerprint density at radius 2 is 2.14 bits per heavy atom. The second kappa shape index (κ2) is 7.12. The third-order valence-electron chi connectivity index (χ3n) is 2.38. The summed E-state index contributed by atoms with van der Waals surface area (Å²) in [5.41, 5.74) is 0. The number of hydrogen-bond acceptors (Lipinski definition) is 3. The van der Waals surface area contributed by atoms with E-state index in [0.717, 1.165) is 13.1 Å². The predicted octanol–water partition coefficient (Wildman–Crippen LogP) is 0.998. The maximum atomic E-state index is 11.1. The zero-order chi connectivity index (χ0) is 10.2. The van der Waals surface area contributed by atoms with Crippen LogP contribution in [0.25, 0.3) is 0 Å². The molecule has 1 aliphatic rings. The van der Waals surface area contributed by atoms with E-state index in [2.05, 4.69) is 10.6 Å². The molecule has 3 nitrogen and oxygen atoms in total. The van der Waals surface area contributed by atoms with Crippen molar-refractivity contribution in [3.8, 4) is 0 Å². The quantitative estimate of drug-likeness (QED) is 0.720. The first kappa shape index (κ1) is 11.9. The SMILES string of the molecule is CCNC(=O)CCNC1CCSCC1. The van der Waals surface area contributed by atoms with Gasteiger partial charge in [-0.3, -0.25) is 4.79 Å². The van der Waals surface area contributed by atoms with Crippen LogP contribution in [0.1, 0.15) is 26.2 Å². The van der Waals surface area contributed by atoms with Crippen LogP contribution in [-0.2, 0) is 4.79 Å². The number of amides is 1. The normalized spacial score (nSPS) is 18.1. The number of hydrogen-bond donors (Lipinski definition) is 2. The summed E-state index contributed by atoms with van der Waals surface area (Å²) < 4.78 is 0. The molecular formula is C10H20N2OS. The number of nitrogens with one attached hydrogen (secondary N) is 2. The molecule has 0 aliphatic carbocycles. The molecule has 1 aliphatic heterocycles. The molecule has 4 heteroatoms. The van der Waals surface area contributed by atoms with Crippen LogP contribution in [0.2, 0.25) is 0 Å². The minimum atomic E-state index is 0.158. The Labute approximate surface area is 90.4 Å². The highest BCUT2D eigenvalue weighted by Gasteiger charge is 2.12. The third kappa shape index (κ3) is 4.86. The molecule has 82 valence electrons. The Morgan fingerprint density at radius 1 is 1.43 bits per heavy atom. The van der Waals surface area contributed by atoms with Gasteiger partial charge in [0.1, 0.15) is 0 Å². The molecule has 1 rings (SSSR count). The Balaban J connectivity index is 1.99. The van der Waals surface area contributed by atoms with Crippen LogP contribution >= 0.6 is 11.8 Å². The van der Waals surface area contributed by atoms with Gasteiger partial charge >= 0.3 is 0 Å². The van der Waals surface area contributed by atoms with E-state index in [-0.39, 0.29) is 5.91 Å². The van der Waals surface area contributed by atoms with E-state index in [1.54, 1.807) is 0 Å². The first-order valence-corrected chi connectivity index (χ1v) is 6.56. The van der Waals surface area contributed by atoms with E-state index >= 15 is 0 Å². The molecule has 0 spiro atoms. The van der Waals surface area contributed by atoms with Gasteiger partial charge in [-0.1, -0.05) is 0 Å². The second-order valence-electron chi connectivity index (χ2n) is 3.54. The van der Waals surface area contributed by atoms with E-state index < -0.39 is 0 Å². The molecule has 0 aromatic rings. The molecule has 1 amide bonds. The minimum Gasteiger partial charge on any atom is -0.356 e. The van der Waals surface area contributed by atoms with Crippen LogP contribution in [0, 0.1) is 0 Å². The van der Waals surface area contributed by atoms with Gasteiger partial charge in [0.15, 0.2) is 0 Å². The van der Waals surface area contributed by atoms with Crippen LogP contribution < -0.4 is 10.6 Å². The average molecular weight is 216 g/mol. The van der Waals surface area contributed by atoms with Gasteiger partial charge < -0.3 is 10.6 Å². The van der Waals surface area contributed by atoms with Gasteiger partial charge in [-0.15, -0.1) is 0 Å². The zero-order valence-electron chi connectivity index (χ0n) is 8.84. The second-order valence-corrected chi connectivity index (χ2v) is 4.77. The molecule has 1 heterocycles. The van der Waals surface area contributed by atoms with Crippen LogP contribution in [0.4, 0.5) is 0 Å². The molecule has 0 radical (unpaired) electrons. The molecular weight excluding hydrogens is 196 g/mol. The van der Waals surface area contributed by atoms with Crippen molar-refractivity contribution in [2.24, 2.45) is 0 Å². The van der Waals surface area contributed by atoms with Gasteiger partial charge in [0.25, 0.3) is 0 Å². The standard InChI is InChI=1S/C10H20N2OS/c1-2-11-10(13)3-6-12-9-4-7-14-8-5-9/h9,12H,2-8H2,1H3,(H,11,13). The lowest BCUT2D eigenvalue weighted by Gasteiger charge is -2.22. The van der Waals surface area contributed by atoms with E-state index in [1.807, 2.05) is 18.7 Å². The summed E-state index contributed by atoms with van der Waals surface area (Å²) in [5, 5.41) is 6.24. The molecule has 0 atom stereocenters. The maximum absolute atomic E-state index is 11.1. The van der Waals surface area contributed by atoms with Crippen LogP contribution in [-0.4, -0.2) is 36.5 Å². The summed E-state index contributed by atoms with van der Waals surface area (Å²) in [7, 11) is 0. The Kier molecular flexibility index (Phi) is 6.03. The van der Waals surface area contributed by atoms with E-state index in [1.165, 1.54) is 24.3 Å². The molecule has 0 bridgehead atoms. The van der Waals surface area contributed by atoms with E-state index in [9.17, 15) is 4.79 Å². The van der Waals surface area contributed by atoms with Crippen molar-refractivity contribution in [2.45, 2.75) is 32.2 Å². The highest BCUT2D eigenvalue weighted by Crippen LogP contribution is 2.16. The van der Waals surface area contributed by atoms with Crippen molar-refractivity contribution < 1.29 is 4.79 Å². The van der Waals surface area contributed by atoms with E-state index in [4.69, 9.17) is 0 Å². The Morgan fingerprint density at radius 3 is 2.79 bits per heavy atom. The summed E-state index contributed by atoms with van der Waals surface area (Å²) in [5.74, 6) is 2.68. The fourth-order valence-electron chi connectivity index (χ4n) is 1.58. The smallest absolute Gasteiger partial charge is 0.221 e. The lowest BCUT2D eigenvalue weighted by atomic mass is 10.1. The summed E-state index contributed by atoms with van der Waals surface area (Å²) in [6.07, 6.45) is 3.11. The molecule has 1 fully saturated rings. The van der Waals surface area contributed by atoms with E-state index in [0.29, 0.717) is 12.5 Å². The summed E-state index contributed by atoms with van der Waals surface area (Å²) in [4.78, 5) is 11.1. The zero-order valence-corrected chi connectivity index (χ0v) is 9.66. The molecule has 0 aromatic heterocycles. The minimum absolute atomic E-state index is 0.158. The maximum Gasteiger partial charge on any atom is 0.221 e. The van der Waals surface area contributed by atoms with Gasteiger partial charge in [0.05, 0.1) is 0 Å². The lowest BCUT2D eigenvalue weighted by Crippen LogP contribution is -2.35. The molecule has 1 saturated heterocycles. The van der Waals surface area contributed by atoms with Crippen molar-refractivity contribution in [3.05, 3.63) is 0 Å². The van der Waals surface area contributed by atoms with Gasteiger partial charge in [-0.25, -0.2) is 0 Å². The first-order valence-electron chi connectivity index (χ1n) is 5.40. The van der Waals surface area contributed by atoms with Crippen molar-refractivity contribution >= 4 is 17.7 Å². The van der Waals surface area contributed by atoms with Crippen molar-refractivity contribution in [2.75, 3.05) is 24.6 Å². The van der Waals surface area contributed by atoms with Crippen LogP contribution in [0.3, 0.4) is 0 Å². The first-order chi connectivity index (χ1) is 6.83. The Hall–Kier alpha value is -0.220. The number of carbonyl (C=O) groups is 1. The lowest BCUT2D eigenvalue weighted by molar-refractivity contribution is -0.120. The molecule has 14 heavy (non-hydrogen) atoms. The molecule has 0 saturated carbocycles. The third-order valence-corrected chi connectivity index (χ3v) is 3.43. The fraction of sp³-hybridized carbons (Fsp3) is 0.900. The van der Waals surface area contributed by atoms with Gasteiger partial charge in [-0.05, 0) is 31.3 Å². The summed E-state index contributed by atoms with van der Waals surface area (Å²) in [6.45, 7) is 3.50. The van der Waals surface area contributed by atoms with Crippen LogP contribution in [0.5, 0.6) is 0 Å². The van der Waals surface area contributed by atoms with Gasteiger partial charge in [0, 0.05) is 25.6 Å². The molecule has 0 aromatic carbocycles. The van der Waals surface area contributed by atoms with Gasteiger partial charge in [-0.2, -0.15) is 11.8 Å². The Bertz CT molecular complexity index is 170. The van der Waals surface area contributed by atoms with Crippen molar-refractivity contribution in [1.82, 2.24) is 10.6 Å². The van der Waals surface area contributed by atoms with Crippen LogP contribution in [0.15, 0.2) is 0 Å². The number of carbonyl (C=O) groups excluding carboxylic acids is 1. The monoisotopic (exact) mass is 216 g/mol. The van der Waals surface area contributed by atoms with Gasteiger partial charge in [0.2, 0.25) is 5.91 Å². The largest absolute Gasteiger partial charge is 0.356 e. The summed E-state index contributed by atoms with van der Waals surface area (Å²) >= 11 is 2.03. The predicted molar refractivity (Wildman–Crippen MR) is 61.7 cm³/mol. The highest BCUT2D eigenvalue weighted by atomic mass is 32.2. The number of thioether (sulfide) groups is 1. The van der Waals surface area contributed by atoms with Crippen molar-refractivity contribution in [3.63, 3.8) is 0 Å². The highest BCUT2D eigenvalue weighted by molar-refractivity contribution is 7.99. The topological polar surface area (TPSA) is 41.1 Å². The molecule has 0 unspecified atom stereocenters. The number of rotatable bonds is 5. The average Bonchev–Trinajstić information content (AvgIpc) is 2.20. The fourth-order valence-corrected chi connectivity index (χ4v) is 2.68. The molecule has 2 N–H and O–H groups in total. The van der Waals surface area contributed by atoms with Crippen molar-refractivity contribution in [1.29, 1.82) is 0 Å². The summed E-state index contributed by atoms with van der Waals surface area (Å²) in [6, 6.07) is 0.644.